The number of aromatic amines is 1. The number of likely N-dealkylation sites (tertiary alicyclic amines) is 2. The number of amidine groups is 1. The van der Waals surface area contributed by atoms with Crippen LogP contribution in [0.15, 0.2) is 54.3 Å². The first kappa shape index (κ1) is 39.3. The van der Waals surface area contributed by atoms with Crippen molar-refractivity contribution in [3.63, 3.8) is 0 Å². The molecule has 4 aliphatic heterocycles. The van der Waals surface area contributed by atoms with Crippen LogP contribution >= 0.6 is 0 Å². The first-order valence-electron chi connectivity index (χ1n) is 17.7. The molecular weight excluding hydrogens is 730 g/mol. The second kappa shape index (κ2) is 16.6. The van der Waals surface area contributed by atoms with Crippen molar-refractivity contribution in [2.75, 3.05) is 19.7 Å². The van der Waals surface area contributed by atoms with E-state index < -0.39 is 91.0 Å². The van der Waals surface area contributed by atoms with Crippen molar-refractivity contribution >= 4 is 35.4 Å². The molecule has 2 aromatic heterocycles. The minimum Gasteiger partial charge on any atom is -0.394 e. The number of carbonyl (C=O) groups is 5. The molecule has 0 aliphatic carbocycles. The third kappa shape index (κ3) is 8.33. The van der Waals surface area contributed by atoms with E-state index in [0.29, 0.717) is 35.4 Å². The summed E-state index contributed by atoms with van der Waals surface area (Å²) in [5.41, 5.74) is 0.757. The van der Waals surface area contributed by atoms with E-state index in [9.17, 15) is 48.1 Å². The van der Waals surface area contributed by atoms with Crippen LogP contribution in [0.2, 0.25) is 0 Å². The Morgan fingerprint density at radius 2 is 1.69 bits per heavy atom. The Morgan fingerprint density at radius 1 is 1.02 bits per heavy atom. The quantitative estimate of drug-likeness (QED) is 0.131. The van der Waals surface area contributed by atoms with Crippen LogP contribution in [0.5, 0.6) is 0 Å². The van der Waals surface area contributed by atoms with Crippen LogP contribution in [0.3, 0.4) is 0 Å². The topological polar surface area (TPSA) is 255 Å². The van der Waals surface area contributed by atoms with E-state index in [4.69, 9.17) is 4.74 Å². The number of aromatic nitrogens is 3. The maximum absolute atomic E-state index is 14.7. The van der Waals surface area contributed by atoms with Crippen LogP contribution in [-0.4, -0.2) is 155 Å². The number of pyridine rings is 1. The number of amides is 5. The number of hydrogen-bond acceptors (Lipinski definition) is 13. The summed E-state index contributed by atoms with van der Waals surface area (Å²) in [6, 6.07) is -1.12. The predicted octanol–water partition coefficient (Wildman–Crippen LogP) is -2.03. The minimum absolute atomic E-state index is 0.0465. The molecule has 0 radical (unpaired) electrons. The van der Waals surface area contributed by atoms with Crippen molar-refractivity contribution < 1.29 is 52.8 Å². The molecule has 55 heavy (non-hydrogen) atoms. The molecule has 2 aromatic rings. The van der Waals surface area contributed by atoms with Crippen LogP contribution in [0.1, 0.15) is 48.7 Å². The van der Waals surface area contributed by atoms with Gasteiger partial charge in [0, 0.05) is 49.9 Å². The Labute approximate surface area is 312 Å². The largest absolute Gasteiger partial charge is 0.394 e. The Bertz CT molecular complexity index is 1800. The van der Waals surface area contributed by atoms with Gasteiger partial charge in [0.25, 0.3) is 5.91 Å². The highest BCUT2D eigenvalue weighted by Crippen LogP contribution is 2.39. The second-order valence-electron chi connectivity index (χ2n) is 13.6. The molecule has 3 saturated heterocycles. The molecular formula is C34H42F2N10O9. The van der Waals surface area contributed by atoms with Gasteiger partial charge in [0.1, 0.15) is 36.1 Å². The summed E-state index contributed by atoms with van der Waals surface area (Å²) in [6.45, 7) is 1.05. The molecule has 4 unspecified atom stereocenters. The van der Waals surface area contributed by atoms with Crippen LogP contribution < -0.4 is 16.0 Å². The molecule has 0 bridgehead atoms. The molecule has 296 valence electrons. The zero-order chi connectivity index (χ0) is 39.4. The second-order valence-corrected chi connectivity index (χ2v) is 13.6. The van der Waals surface area contributed by atoms with Crippen molar-refractivity contribution in [3.05, 3.63) is 60.6 Å². The van der Waals surface area contributed by atoms with Crippen molar-refractivity contribution in [1.82, 2.24) is 45.6 Å². The lowest BCUT2D eigenvalue weighted by Gasteiger charge is -2.34. The first-order valence-corrected chi connectivity index (χ1v) is 17.7. The van der Waals surface area contributed by atoms with Gasteiger partial charge >= 0.3 is 5.92 Å². The fourth-order valence-corrected chi connectivity index (χ4v) is 7.07. The maximum Gasteiger partial charge on any atom is 0.319 e. The number of nitrogens with one attached hydrogen (secondary N) is 4. The molecule has 0 aromatic carbocycles. The standard InChI is InChI=1S/C34H42F2N10O9/c1-18(40-27(49)19-6-9-37-10-7-19)30(52)44-11-2-4-22(44)28(50)41-21(14-20-15-38-17-39-20)31(53)45-12-3-5-23(45)29(51)42-25-8-13-46(33(54)43-25)32-34(35,36)26(48)24(16-47)55-32/h6-10,13,15,17-18,21-24,26,32-33,47-48,54H,2-5,11-12,14,16H2,1H3,(H,38,39)(H,40,49)(H,41,50)(H,42,43,51)/t18-,21+,22+,23-,24?,26?,32?,33?/m1/s1. The van der Waals surface area contributed by atoms with E-state index in [1.54, 1.807) is 6.20 Å². The molecule has 6 rings (SSSR count). The summed E-state index contributed by atoms with van der Waals surface area (Å²) in [6.07, 6.45) is 1.38. The van der Waals surface area contributed by atoms with Gasteiger partial charge < -0.3 is 55.7 Å². The third-order valence-corrected chi connectivity index (χ3v) is 9.93. The number of hydrogen-bond donors (Lipinski definition) is 7. The zero-order valence-corrected chi connectivity index (χ0v) is 29.6. The number of imidazole rings is 1. The van der Waals surface area contributed by atoms with Crippen molar-refractivity contribution in [2.24, 2.45) is 4.99 Å². The number of rotatable bonds is 11. The Kier molecular flexibility index (Phi) is 11.8. The third-order valence-electron chi connectivity index (χ3n) is 9.93. The van der Waals surface area contributed by atoms with E-state index in [0.717, 1.165) is 12.3 Å². The van der Waals surface area contributed by atoms with Crippen LogP contribution in [-0.2, 0) is 30.3 Å². The summed E-state index contributed by atoms with van der Waals surface area (Å²) in [5, 5.41) is 37.6. The fourth-order valence-electron chi connectivity index (χ4n) is 7.07. The van der Waals surface area contributed by atoms with Crippen molar-refractivity contribution in [1.29, 1.82) is 0 Å². The lowest BCUT2D eigenvalue weighted by atomic mass is 10.1. The fraction of sp³-hybridized carbons (Fsp3) is 0.529. The smallest absolute Gasteiger partial charge is 0.319 e. The van der Waals surface area contributed by atoms with Crippen LogP contribution in [0.4, 0.5) is 8.78 Å². The lowest BCUT2D eigenvalue weighted by Crippen LogP contribution is -2.58. The van der Waals surface area contributed by atoms with Gasteiger partial charge in [-0.15, -0.1) is 0 Å². The first-order chi connectivity index (χ1) is 26.3. The van der Waals surface area contributed by atoms with Crippen molar-refractivity contribution in [3.8, 4) is 0 Å². The number of aliphatic hydroxyl groups excluding tert-OH is 3. The molecule has 21 heteroatoms. The summed E-state index contributed by atoms with van der Waals surface area (Å²) >= 11 is 0. The van der Waals surface area contributed by atoms with Gasteiger partial charge in [-0.2, -0.15) is 8.78 Å². The van der Waals surface area contributed by atoms with Gasteiger partial charge in [0.05, 0.1) is 18.6 Å². The van der Waals surface area contributed by atoms with Gasteiger partial charge in [-0.1, -0.05) is 0 Å². The highest BCUT2D eigenvalue weighted by molar-refractivity contribution is 6.07. The molecule has 0 saturated carbocycles. The van der Waals surface area contributed by atoms with Crippen LogP contribution in [0.25, 0.3) is 0 Å². The molecule has 5 amide bonds. The van der Waals surface area contributed by atoms with Gasteiger partial charge in [-0.3, -0.25) is 29.0 Å². The number of aliphatic hydroxyl groups is 3. The average molecular weight is 773 g/mol. The predicted molar refractivity (Wildman–Crippen MR) is 184 cm³/mol. The summed E-state index contributed by atoms with van der Waals surface area (Å²) < 4.78 is 34.4. The maximum atomic E-state index is 14.7. The van der Waals surface area contributed by atoms with Gasteiger partial charge in [-0.05, 0) is 50.8 Å². The van der Waals surface area contributed by atoms with Gasteiger partial charge in [0.2, 0.25) is 36.2 Å². The highest BCUT2D eigenvalue weighted by atomic mass is 19.3. The minimum atomic E-state index is -3.87. The molecule has 6 heterocycles. The summed E-state index contributed by atoms with van der Waals surface area (Å²) in [7, 11) is 0. The highest BCUT2D eigenvalue weighted by Gasteiger charge is 2.61. The number of H-pyrrole nitrogens is 1. The van der Waals surface area contributed by atoms with Crippen molar-refractivity contribution in [2.45, 2.75) is 93.9 Å². The number of alkyl halides is 2. The summed E-state index contributed by atoms with van der Waals surface area (Å²) in [4.78, 5) is 85.6. The lowest BCUT2D eigenvalue weighted by molar-refractivity contribution is -0.186. The monoisotopic (exact) mass is 772 g/mol. The molecule has 0 spiro atoms. The average Bonchev–Trinajstić information content (AvgIpc) is 4.00. The zero-order valence-electron chi connectivity index (χ0n) is 29.6. The van der Waals surface area contributed by atoms with E-state index in [1.807, 2.05) is 0 Å². The SMILES string of the molecule is C[C@@H](NC(=O)c1ccncc1)C(=O)N1CCC[C@H]1C(=O)N[C@@H](Cc1c[nH]cn1)C(=O)N1CCC[C@@H]1C(=O)NC1=NC(O)N(C2OC(CO)C(O)C2(F)F)C=C1. The molecule has 8 atom stereocenters. The normalized spacial score (nSPS) is 27.0. The van der Waals surface area contributed by atoms with Crippen LogP contribution in [0, 0.1) is 0 Å². The Morgan fingerprint density at radius 3 is 2.31 bits per heavy atom. The molecule has 4 aliphatic rings. The van der Waals surface area contributed by atoms with Gasteiger partial charge in [0.15, 0.2) is 6.10 Å². The molecule has 7 N–H and O–H groups in total. The van der Waals surface area contributed by atoms with Gasteiger partial charge in [-0.25, -0.2) is 9.98 Å². The number of halogens is 2. The Balaban J connectivity index is 1.10. The molecule has 19 nitrogen and oxygen atoms in total. The number of aliphatic imine (C=N–C) groups is 1. The molecule has 3 fully saturated rings. The number of nitrogens with zero attached hydrogens (tertiary/aromatic N) is 6. The number of ether oxygens (including phenoxy) is 1. The van der Waals surface area contributed by atoms with E-state index in [2.05, 4.69) is 35.9 Å². The Hall–Kier alpha value is -5.38. The van der Waals surface area contributed by atoms with E-state index in [1.165, 1.54) is 47.6 Å². The van der Waals surface area contributed by atoms with E-state index >= 15 is 0 Å². The summed E-state index contributed by atoms with van der Waals surface area (Å²) in [5.74, 6) is -6.90. The van der Waals surface area contributed by atoms with E-state index in [-0.39, 0.29) is 31.8 Å². The number of carbonyl (C=O) groups excluding carboxylic acids is 5.